The van der Waals surface area contributed by atoms with Crippen LogP contribution in [0.25, 0.3) is 10.9 Å². The third-order valence-corrected chi connectivity index (χ3v) is 8.16. The third-order valence-electron chi connectivity index (χ3n) is 8.16. The zero-order valence-electron chi connectivity index (χ0n) is 18.9. The van der Waals surface area contributed by atoms with Crippen LogP contribution in [0.1, 0.15) is 55.8 Å². The fraction of sp³-hybridized carbons (Fsp3) is 0.640. The standard InChI is InChI=1S/C25H34N4O3/c1-32-18-8-9-19-20(10-18)27-23-21(12-30)28(11-16-6-7-16)13-25(22(19)23)14-29(15-25)24(31)26-17-4-2-3-5-17/h8-10,16-17,21,27,30H,2-7,11-15H2,1H3,(H,26,31)/t21-/m1/s1. The van der Waals surface area contributed by atoms with Crippen LogP contribution in [0.5, 0.6) is 5.75 Å². The molecule has 0 radical (unpaired) electrons. The number of nitrogens with zero attached hydrogens (tertiary/aromatic N) is 2. The van der Waals surface area contributed by atoms with Gasteiger partial charge in [-0.3, -0.25) is 4.90 Å². The zero-order valence-corrected chi connectivity index (χ0v) is 18.9. The number of hydrogen-bond donors (Lipinski definition) is 3. The van der Waals surface area contributed by atoms with Gasteiger partial charge in [-0.05, 0) is 49.3 Å². The molecule has 7 heteroatoms. The van der Waals surface area contributed by atoms with Crippen LogP contribution in [0.4, 0.5) is 4.79 Å². The Balaban J connectivity index is 1.34. The molecule has 7 nitrogen and oxygen atoms in total. The number of nitrogens with one attached hydrogen (secondary N) is 2. The Bertz CT molecular complexity index is 1020. The highest BCUT2D eigenvalue weighted by Crippen LogP contribution is 2.49. The minimum Gasteiger partial charge on any atom is -0.497 e. The van der Waals surface area contributed by atoms with E-state index < -0.39 is 0 Å². The Morgan fingerprint density at radius 3 is 2.69 bits per heavy atom. The smallest absolute Gasteiger partial charge is 0.317 e. The highest BCUT2D eigenvalue weighted by molar-refractivity contribution is 5.89. The van der Waals surface area contributed by atoms with Crippen molar-refractivity contribution in [2.24, 2.45) is 5.92 Å². The van der Waals surface area contributed by atoms with E-state index in [-0.39, 0.29) is 24.1 Å². The van der Waals surface area contributed by atoms with Gasteiger partial charge in [-0.2, -0.15) is 0 Å². The molecule has 3 fully saturated rings. The molecule has 1 spiro atoms. The summed E-state index contributed by atoms with van der Waals surface area (Å²) in [5.41, 5.74) is 3.38. The van der Waals surface area contributed by atoms with Crippen molar-refractivity contribution in [3.63, 3.8) is 0 Å². The first kappa shape index (κ1) is 20.4. The number of fused-ring (bicyclic) bond motifs is 4. The van der Waals surface area contributed by atoms with Crippen molar-refractivity contribution in [1.29, 1.82) is 0 Å². The number of rotatable bonds is 5. The van der Waals surface area contributed by atoms with Crippen molar-refractivity contribution in [1.82, 2.24) is 20.1 Å². The largest absolute Gasteiger partial charge is 0.497 e. The van der Waals surface area contributed by atoms with E-state index >= 15 is 0 Å². The van der Waals surface area contributed by atoms with Crippen molar-refractivity contribution in [3.8, 4) is 5.75 Å². The number of H-pyrrole nitrogens is 1. The van der Waals surface area contributed by atoms with Crippen molar-refractivity contribution in [2.75, 3.05) is 39.9 Å². The first-order valence-electron chi connectivity index (χ1n) is 12.2. The molecule has 2 amide bonds. The first-order valence-corrected chi connectivity index (χ1v) is 12.2. The predicted molar refractivity (Wildman–Crippen MR) is 123 cm³/mol. The van der Waals surface area contributed by atoms with Gasteiger partial charge in [-0.1, -0.05) is 12.8 Å². The summed E-state index contributed by atoms with van der Waals surface area (Å²) in [5.74, 6) is 1.57. The number of methoxy groups -OCH3 is 1. The molecule has 172 valence electrons. The van der Waals surface area contributed by atoms with Gasteiger partial charge in [0.05, 0.1) is 19.8 Å². The fourth-order valence-electron chi connectivity index (χ4n) is 6.36. The number of carbonyl (C=O) groups is 1. The Morgan fingerprint density at radius 2 is 2.00 bits per heavy atom. The number of benzene rings is 1. The molecule has 1 aromatic heterocycles. The molecule has 1 aromatic carbocycles. The lowest BCUT2D eigenvalue weighted by atomic mass is 9.68. The van der Waals surface area contributed by atoms with Gasteiger partial charge in [-0.25, -0.2) is 4.79 Å². The quantitative estimate of drug-likeness (QED) is 0.670. The maximum Gasteiger partial charge on any atom is 0.317 e. The fourth-order valence-corrected chi connectivity index (χ4v) is 6.36. The van der Waals surface area contributed by atoms with E-state index in [1.54, 1.807) is 7.11 Å². The molecular formula is C25H34N4O3. The molecule has 2 saturated carbocycles. The number of urea groups is 1. The molecule has 1 saturated heterocycles. The van der Waals surface area contributed by atoms with E-state index in [1.807, 2.05) is 17.0 Å². The third kappa shape index (κ3) is 3.28. The normalized spacial score (nSPS) is 25.2. The molecule has 3 heterocycles. The van der Waals surface area contributed by atoms with Crippen LogP contribution in [-0.4, -0.2) is 71.9 Å². The van der Waals surface area contributed by atoms with E-state index in [0.717, 1.165) is 61.9 Å². The van der Waals surface area contributed by atoms with Crippen LogP contribution in [0.3, 0.4) is 0 Å². The molecular weight excluding hydrogens is 404 g/mol. The van der Waals surface area contributed by atoms with Crippen LogP contribution in [-0.2, 0) is 5.41 Å². The van der Waals surface area contributed by atoms with E-state index in [0.29, 0.717) is 6.04 Å². The number of ether oxygens (including phenoxy) is 1. The van der Waals surface area contributed by atoms with Crippen molar-refractivity contribution >= 4 is 16.9 Å². The number of aromatic nitrogens is 1. The molecule has 0 bridgehead atoms. The summed E-state index contributed by atoms with van der Waals surface area (Å²) in [4.78, 5) is 21.0. The first-order chi connectivity index (χ1) is 15.6. The van der Waals surface area contributed by atoms with Crippen molar-refractivity contribution < 1.29 is 14.6 Å². The van der Waals surface area contributed by atoms with Gasteiger partial charge < -0.3 is 25.0 Å². The molecule has 2 aliphatic carbocycles. The molecule has 2 aliphatic heterocycles. The number of carbonyl (C=O) groups excluding carboxylic acids is 1. The minimum absolute atomic E-state index is 0.0176. The molecule has 4 aliphatic rings. The topological polar surface area (TPSA) is 80.8 Å². The summed E-state index contributed by atoms with van der Waals surface area (Å²) in [5, 5.41) is 14.8. The molecule has 0 unspecified atom stereocenters. The van der Waals surface area contributed by atoms with Gasteiger partial charge in [0.25, 0.3) is 0 Å². The van der Waals surface area contributed by atoms with Crippen molar-refractivity contribution in [3.05, 3.63) is 29.5 Å². The van der Waals surface area contributed by atoms with Gasteiger partial charge in [0.2, 0.25) is 0 Å². The number of aliphatic hydroxyl groups is 1. The van der Waals surface area contributed by atoms with Gasteiger partial charge in [0, 0.05) is 60.3 Å². The summed E-state index contributed by atoms with van der Waals surface area (Å²) in [6.45, 7) is 3.49. The predicted octanol–water partition coefficient (Wildman–Crippen LogP) is 3.14. The Morgan fingerprint density at radius 1 is 1.22 bits per heavy atom. The van der Waals surface area contributed by atoms with Gasteiger partial charge in [0.15, 0.2) is 0 Å². The van der Waals surface area contributed by atoms with E-state index in [1.165, 1.54) is 36.6 Å². The summed E-state index contributed by atoms with van der Waals surface area (Å²) in [7, 11) is 1.69. The average molecular weight is 439 g/mol. The number of amides is 2. The van der Waals surface area contributed by atoms with Crippen LogP contribution in [0.2, 0.25) is 0 Å². The van der Waals surface area contributed by atoms with Gasteiger partial charge in [-0.15, -0.1) is 0 Å². The SMILES string of the molecule is COc1ccc2c3c([nH]c2c1)[C@@H](CO)N(CC1CC1)CC31CN(C(=O)NC2CCCC2)C1. The zero-order chi connectivity index (χ0) is 21.9. The Hall–Kier alpha value is -2.25. The lowest BCUT2D eigenvalue weighted by Gasteiger charge is -2.56. The Labute approximate surface area is 189 Å². The lowest BCUT2D eigenvalue weighted by Crippen LogP contribution is -2.69. The van der Waals surface area contributed by atoms with Crippen LogP contribution in [0.15, 0.2) is 18.2 Å². The lowest BCUT2D eigenvalue weighted by molar-refractivity contribution is 0.0113. The number of aromatic amines is 1. The van der Waals surface area contributed by atoms with Gasteiger partial charge >= 0.3 is 6.03 Å². The molecule has 2 aromatic rings. The minimum atomic E-state index is -0.0876. The highest BCUT2D eigenvalue weighted by atomic mass is 16.5. The average Bonchev–Trinajstić information content (AvgIpc) is 3.28. The van der Waals surface area contributed by atoms with E-state index in [4.69, 9.17) is 4.74 Å². The Kier molecular flexibility index (Phi) is 4.88. The van der Waals surface area contributed by atoms with Crippen LogP contribution < -0.4 is 10.1 Å². The summed E-state index contributed by atoms with van der Waals surface area (Å²) in [6, 6.07) is 6.60. The van der Waals surface area contributed by atoms with E-state index in [2.05, 4.69) is 21.3 Å². The van der Waals surface area contributed by atoms with Crippen LogP contribution in [0, 0.1) is 5.92 Å². The second-order valence-electron chi connectivity index (χ2n) is 10.5. The van der Waals surface area contributed by atoms with Gasteiger partial charge in [0.1, 0.15) is 5.75 Å². The van der Waals surface area contributed by atoms with Crippen molar-refractivity contribution in [2.45, 2.75) is 56.0 Å². The highest BCUT2D eigenvalue weighted by Gasteiger charge is 2.54. The maximum atomic E-state index is 12.9. The van der Waals surface area contributed by atoms with Crippen LogP contribution >= 0.6 is 0 Å². The number of hydrogen-bond acceptors (Lipinski definition) is 4. The summed E-state index contributed by atoms with van der Waals surface area (Å²) < 4.78 is 5.45. The second kappa shape index (κ2) is 7.66. The summed E-state index contributed by atoms with van der Waals surface area (Å²) >= 11 is 0. The maximum absolute atomic E-state index is 12.9. The molecule has 3 N–H and O–H groups in total. The summed E-state index contributed by atoms with van der Waals surface area (Å²) in [6.07, 6.45) is 7.22. The molecule has 6 rings (SSSR count). The number of likely N-dealkylation sites (tertiary alicyclic amines) is 1. The monoisotopic (exact) mass is 438 g/mol. The second-order valence-corrected chi connectivity index (χ2v) is 10.5. The molecule has 1 atom stereocenters. The number of aliphatic hydroxyl groups excluding tert-OH is 1. The van der Waals surface area contributed by atoms with E-state index in [9.17, 15) is 9.90 Å². The molecule has 32 heavy (non-hydrogen) atoms.